The van der Waals surface area contributed by atoms with E-state index in [1.165, 1.54) is 19.0 Å². The number of hydrogen-bond donors (Lipinski definition) is 2. The third-order valence-corrected chi connectivity index (χ3v) is 2.73. The first-order valence-corrected chi connectivity index (χ1v) is 6.01. The van der Waals surface area contributed by atoms with E-state index < -0.39 is 18.9 Å². The van der Waals surface area contributed by atoms with Crippen LogP contribution in [0.25, 0.3) is 0 Å². The first kappa shape index (κ1) is 14.1. The summed E-state index contributed by atoms with van der Waals surface area (Å²) in [6.07, 6.45) is -3.44. The van der Waals surface area contributed by atoms with Gasteiger partial charge in [0.1, 0.15) is 12.4 Å². The first-order chi connectivity index (χ1) is 8.95. The molecule has 1 atom stereocenters. The van der Waals surface area contributed by atoms with E-state index in [9.17, 15) is 13.2 Å². The molecule has 0 radical (unpaired) electrons. The van der Waals surface area contributed by atoms with Crippen LogP contribution in [-0.4, -0.2) is 35.0 Å². The Hall–Kier alpha value is -1.34. The fraction of sp³-hybridized carbons (Fsp3) is 0.583. The Bertz CT molecular complexity index is 404. The zero-order valence-electron chi connectivity index (χ0n) is 10.2. The average molecular weight is 276 g/mol. The van der Waals surface area contributed by atoms with Crippen LogP contribution in [0.4, 0.5) is 13.2 Å². The second-order valence-corrected chi connectivity index (χ2v) is 4.51. The van der Waals surface area contributed by atoms with E-state index in [0.29, 0.717) is 12.6 Å². The van der Waals surface area contributed by atoms with E-state index in [0.717, 1.165) is 5.69 Å². The Morgan fingerprint density at radius 1 is 1.42 bits per heavy atom. The number of ether oxygens (including phenoxy) is 1. The normalized spacial score (nSPS) is 17.3. The molecule has 0 bridgehead atoms. The van der Waals surface area contributed by atoms with Crippen LogP contribution in [0.15, 0.2) is 18.3 Å². The number of nitrogens with one attached hydrogen (secondary N) is 1. The van der Waals surface area contributed by atoms with Gasteiger partial charge < -0.3 is 15.2 Å². The van der Waals surface area contributed by atoms with Crippen LogP contribution in [-0.2, 0) is 6.54 Å². The number of alkyl halides is 3. The molecule has 1 fully saturated rings. The Kier molecular flexibility index (Phi) is 4.26. The molecule has 19 heavy (non-hydrogen) atoms. The summed E-state index contributed by atoms with van der Waals surface area (Å²) >= 11 is 0. The lowest BCUT2D eigenvalue weighted by Crippen LogP contribution is -2.34. The van der Waals surface area contributed by atoms with Crippen molar-refractivity contribution in [3.8, 4) is 5.75 Å². The highest BCUT2D eigenvalue weighted by Crippen LogP contribution is 2.21. The maximum atomic E-state index is 12.0. The summed E-state index contributed by atoms with van der Waals surface area (Å²) in [5, 5.41) is 12.0. The van der Waals surface area contributed by atoms with Crippen molar-refractivity contribution in [3.05, 3.63) is 24.0 Å². The second-order valence-electron chi connectivity index (χ2n) is 4.51. The molecule has 2 N–H and O–H groups in total. The van der Waals surface area contributed by atoms with Gasteiger partial charge in [-0.3, -0.25) is 4.98 Å². The van der Waals surface area contributed by atoms with Crippen LogP contribution in [0.1, 0.15) is 18.5 Å². The van der Waals surface area contributed by atoms with Crippen molar-refractivity contribution in [2.45, 2.75) is 37.7 Å². The van der Waals surface area contributed by atoms with E-state index in [1.807, 2.05) is 0 Å². The van der Waals surface area contributed by atoms with Gasteiger partial charge in [-0.1, -0.05) is 0 Å². The van der Waals surface area contributed by atoms with Crippen molar-refractivity contribution in [2.75, 3.05) is 6.61 Å². The number of aliphatic hydroxyl groups excluding tert-OH is 1. The molecule has 1 heterocycles. The summed E-state index contributed by atoms with van der Waals surface area (Å²) in [6.45, 7) is -0.193. The van der Waals surface area contributed by atoms with Gasteiger partial charge >= 0.3 is 6.18 Å². The number of aromatic nitrogens is 1. The molecule has 4 nitrogen and oxygen atoms in total. The molecule has 2 rings (SSSR count). The lowest BCUT2D eigenvalue weighted by Gasteiger charge is -2.15. The molecule has 0 aromatic carbocycles. The third-order valence-electron chi connectivity index (χ3n) is 2.73. The molecule has 1 aliphatic carbocycles. The largest absolute Gasteiger partial charge is 0.489 e. The van der Waals surface area contributed by atoms with Crippen molar-refractivity contribution in [1.29, 1.82) is 0 Å². The van der Waals surface area contributed by atoms with E-state index in [2.05, 4.69) is 10.3 Å². The molecule has 1 aromatic rings. The van der Waals surface area contributed by atoms with Crippen molar-refractivity contribution >= 4 is 0 Å². The third kappa shape index (κ3) is 4.68. The summed E-state index contributed by atoms with van der Waals surface area (Å²) in [4.78, 5) is 4.07. The minimum atomic E-state index is -4.67. The zero-order valence-corrected chi connectivity index (χ0v) is 10.2. The zero-order chi connectivity index (χ0) is 13.9. The van der Waals surface area contributed by atoms with Crippen LogP contribution in [0.5, 0.6) is 5.75 Å². The monoisotopic (exact) mass is 276 g/mol. The van der Waals surface area contributed by atoms with Crippen LogP contribution >= 0.6 is 0 Å². The number of nitrogens with zero attached hydrogens (tertiary/aromatic N) is 1. The van der Waals surface area contributed by atoms with Gasteiger partial charge in [-0.25, -0.2) is 0 Å². The van der Waals surface area contributed by atoms with Crippen molar-refractivity contribution in [2.24, 2.45) is 0 Å². The molecule has 106 valence electrons. The molecule has 0 amide bonds. The van der Waals surface area contributed by atoms with Crippen LogP contribution in [0.2, 0.25) is 0 Å². The SMILES string of the molecule is OC(COc1ccc(CNC2CC2)nc1)C(F)(F)F. The Morgan fingerprint density at radius 2 is 2.16 bits per heavy atom. The lowest BCUT2D eigenvalue weighted by molar-refractivity contribution is -0.210. The van der Waals surface area contributed by atoms with Gasteiger partial charge in [0.05, 0.1) is 11.9 Å². The fourth-order valence-electron chi connectivity index (χ4n) is 1.41. The number of aliphatic hydroxyl groups is 1. The van der Waals surface area contributed by atoms with Crippen LogP contribution in [0, 0.1) is 0 Å². The number of rotatable bonds is 6. The lowest BCUT2D eigenvalue weighted by atomic mass is 10.3. The maximum Gasteiger partial charge on any atom is 0.417 e. The number of hydrogen-bond acceptors (Lipinski definition) is 4. The molecule has 0 aliphatic heterocycles. The van der Waals surface area contributed by atoms with Gasteiger partial charge in [-0.05, 0) is 25.0 Å². The van der Waals surface area contributed by atoms with Gasteiger partial charge in [-0.2, -0.15) is 13.2 Å². The van der Waals surface area contributed by atoms with Crippen molar-refractivity contribution in [1.82, 2.24) is 10.3 Å². The van der Waals surface area contributed by atoms with E-state index in [4.69, 9.17) is 9.84 Å². The number of pyridine rings is 1. The standard InChI is InChI=1S/C12H15F3N2O2/c13-12(14,15)11(18)7-19-10-4-3-9(17-6-10)5-16-8-1-2-8/h3-4,6,8,11,16,18H,1-2,5,7H2. The second kappa shape index (κ2) is 5.75. The van der Waals surface area contributed by atoms with Crippen LogP contribution < -0.4 is 10.1 Å². The predicted molar refractivity (Wildman–Crippen MR) is 61.7 cm³/mol. The molecule has 1 saturated carbocycles. The van der Waals surface area contributed by atoms with Gasteiger partial charge in [0.25, 0.3) is 0 Å². The smallest absolute Gasteiger partial charge is 0.417 e. The summed E-state index contributed by atoms with van der Waals surface area (Å²) in [5.74, 6) is 0.207. The summed E-state index contributed by atoms with van der Waals surface area (Å²) < 4.78 is 41.0. The Labute approximate surface area is 108 Å². The Morgan fingerprint density at radius 3 is 2.68 bits per heavy atom. The summed E-state index contributed by atoms with van der Waals surface area (Å²) in [5.41, 5.74) is 0.801. The molecular weight excluding hydrogens is 261 g/mol. The molecule has 0 saturated heterocycles. The molecule has 1 aliphatic rings. The topological polar surface area (TPSA) is 54.4 Å². The summed E-state index contributed by atoms with van der Waals surface area (Å²) in [6, 6.07) is 3.80. The molecule has 1 aromatic heterocycles. The minimum absolute atomic E-state index is 0.207. The van der Waals surface area contributed by atoms with E-state index in [1.54, 1.807) is 12.1 Å². The Balaban J connectivity index is 1.77. The minimum Gasteiger partial charge on any atom is -0.489 e. The predicted octanol–water partition coefficient (Wildman–Crippen LogP) is 1.64. The van der Waals surface area contributed by atoms with E-state index >= 15 is 0 Å². The highest BCUT2D eigenvalue weighted by atomic mass is 19.4. The molecular formula is C12H15F3N2O2. The fourth-order valence-corrected chi connectivity index (χ4v) is 1.41. The van der Waals surface area contributed by atoms with Crippen molar-refractivity contribution in [3.63, 3.8) is 0 Å². The average Bonchev–Trinajstić information content (AvgIpc) is 3.17. The maximum absolute atomic E-state index is 12.0. The van der Waals surface area contributed by atoms with E-state index in [-0.39, 0.29) is 5.75 Å². The molecule has 7 heteroatoms. The van der Waals surface area contributed by atoms with Gasteiger partial charge in [-0.15, -0.1) is 0 Å². The summed E-state index contributed by atoms with van der Waals surface area (Å²) in [7, 11) is 0. The highest BCUT2D eigenvalue weighted by Gasteiger charge is 2.38. The van der Waals surface area contributed by atoms with Gasteiger partial charge in [0.15, 0.2) is 6.10 Å². The van der Waals surface area contributed by atoms with Gasteiger partial charge in [0.2, 0.25) is 0 Å². The quantitative estimate of drug-likeness (QED) is 0.829. The molecule has 1 unspecified atom stereocenters. The number of halogens is 3. The van der Waals surface area contributed by atoms with Crippen LogP contribution in [0.3, 0.4) is 0 Å². The molecule has 0 spiro atoms. The van der Waals surface area contributed by atoms with Gasteiger partial charge in [0, 0.05) is 12.6 Å². The first-order valence-electron chi connectivity index (χ1n) is 6.01. The van der Waals surface area contributed by atoms with Crippen molar-refractivity contribution < 1.29 is 23.0 Å². The highest BCUT2D eigenvalue weighted by molar-refractivity contribution is 5.20.